The molecule has 0 radical (unpaired) electrons. The highest BCUT2D eigenvalue weighted by Crippen LogP contribution is 2.24. The molecule has 2 N–H and O–H groups in total. The van der Waals surface area contributed by atoms with Crippen LogP contribution in [0.25, 0.3) is 0 Å². The number of fused-ring (bicyclic) bond motifs is 1. The average molecular weight is 375 g/mol. The van der Waals surface area contributed by atoms with E-state index in [0.29, 0.717) is 19.6 Å². The second-order valence-electron chi connectivity index (χ2n) is 6.35. The number of ether oxygens (including phenoxy) is 1. The topological polar surface area (TPSA) is 105 Å². The van der Waals surface area contributed by atoms with Gasteiger partial charge >= 0.3 is 0 Å². The van der Waals surface area contributed by atoms with E-state index in [0.717, 1.165) is 11.3 Å². The number of hydrogen-bond donors (Lipinski definition) is 2. The van der Waals surface area contributed by atoms with Gasteiger partial charge < -0.3 is 15.4 Å². The second-order valence-corrected chi connectivity index (χ2v) is 6.35. The molecule has 2 rings (SSSR count). The van der Waals surface area contributed by atoms with Crippen molar-refractivity contribution in [3.05, 3.63) is 34.9 Å². The number of rotatable bonds is 9. The number of carbonyl (C=O) groups excluding carboxylic acids is 4. The molecule has 8 heteroatoms. The molecule has 1 aliphatic heterocycles. The average Bonchev–Trinajstić information content (AvgIpc) is 2.90. The fourth-order valence-corrected chi connectivity index (χ4v) is 2.75. The molecule has 0 unspecified atom stereocenters. The second kappa shape index (κ2) is 9.27. The van der Waals surface area contributed by atoms with Gasteiger partial charge in [-0.05, 0) is 38.0 Å². The summed E-state index contributed by atoms with van der Waals surface area (Å²) < 4.78 is 4.95. The van der Waals surface area contributed by atoms with E-state index in [2.05, 4.69) is 10.6 Å². The molecule has 0 saturated carbocycles. The van der Waals surface area contributed by atoms with E-state index in [1.54, 1.807) is 14.0 Å². The van der Waals surface area contributed by atoms with Gasteiger partial charge in [0.15, 0.2) is 0 Å². The van der Waals surface area contributed by atoms with Gasteiger partial charge in [-0.1, -0.05) is 6.92 Å². The third-order valence-corrected chi connectivity index (χ3v) is 4.25. The standard InChI is InChI=1S/C19H25N3O5/c1-4-8-20-16(23)12(2)21-17(24)13-6-7-14-15(11-13)19(26)22(18(14)25)9-5-10-27-3/h6-7,11-12H,4-5,8-10H2,1-3H3,(H,20,23)(H,21,24)/t12-/m1/s1. The highest BCUT2D eigenvalue weighted by molar-refractivity contribution is 6.22. The number of nitrogens with one attached hydrogen (secondary N) is 2. The minimum atomic E-state index is -0.708. The monoisotopic (exact) mass is 375 g/mol. The maximum atomic E-state index is 12.5. The largest absolute Gasteiger partial charge is 0.385 e. The fraction of sp³-hybridized carbons (Fsp3) is 0.474. The van der Waals surface area contributed by atoms with Gasteiger partial charge in [0.25, 0.3) is 17.7 Å². The van der Waals surface area contributed by atoms with E-state index < -0.39 is 17.9 Å². The van der Waals surface area contributed by atoms with Crippen LogP contribution >= 0.6 is 0 Å². The zero-order valence-corrected chi connectivity index (χ0v) is 15.8. The Labute approximate surface area is 158 Å². The van der Waals surface area contributed by atoms with Gasteiger partial charge in [-0.25, -0.2) is 0 Å². The quantitative estimate of drug-likeness (QED) is 0.494. The van der Waals surface area contributed by atoms with E-state index in [1.807, 2.05) is 6.92 Å². The predicted molar refractivity (Wildman–Crippen MR) is 98.5 cm³/mol. The van der Waals surface area contributed by atoms with Gasteiger partial charge in [-0.2, -0.15) is 0 Å². The van der Waals surface area contributed by atoms with Crippen molar-refractivity contribution in [3.63, 3.8) is 0 Å². The summed E-state index contributed by atoms with van der Waals surface area (Å²) in [5.41, 5.74) is 0.708. The van der Waals surface area contributed by atoms with Crippen LogP contribution in [-0.4, -0.2) is 61.4 Å². The van der Waals surface area contributed by atoms with Crippen molar-refractivity contribution in [3.8, 4) is 0 Å². The first-order valence-electron chi connectivity index (χ1n) is 8.98. The molecule has 8 nitrogen and oxygen atoms in total. The van der Waals surface area contributed by atoms with Crippen molar-refractivity contribution in [2.75, 3.05) is 26.8 Å². The van der Waals surface area contributed by atoms with Crippen molar-refractivity contribution in [2.45, 2.75) is 32.7 Å². The summed E-state index contributed by atoms with van der Waals surface area (Å²) in [6.45, 7) is 4.76. The molecule has 0 fully saturated rings. The fourth-order valence-electron chi connectivity index (χ4n) is 2.75. The maximum absolute atomic E-state index is 12.5. The lowest BCUT2D eigenvalue weighted by molar-refractivity contribution is -0.122. The molecular formula is C19H25N3O5. The van der Waals surface area contributed by atoms with E-state index in [4.69, 9.17) is 4.74 Å². The van der Waals surface area contributed by atoms with Crippen LogP contribution in [0.1, 0.15) is 57.8 Å². The van der Waals surface area contributed by atoms with E-state index in [9.17, 15) is 19.2 Å². The summed E-state index contributed by atoms with van der Waals surface area (Å²) in [6.07, 6.45) is 1.34. The SMILES string of the molecule is CCCNC(=O)[C@@H](C)NC(=O)c1ccc2c(c1)C(=O)N(CCCOC)C2=O. The lowest BCUT2D eigenvalue weighted by atomic mass is 10.0. The first-order chi connectivity index (χ1) is 12.9. The number of nitrogens with zero attached hydrogens (tertiary/aromatic N) is 1. The molecule has 1 aromatic rings. The van der Waals surface area contributed by atoms with Crippen molar-refractivity contribution >= 4 is 23.6 Å². The Hall–Kier alpha value is -2.74. The lowest BCUT2D eigenvalue weighted by Crippen LogP contribution is -2.45. The number of imide groups is 1. The Balaban J connectivity index is 2.08. The van der Waals surface area contributed by atoms with Crippen molar-refractivity contribution in [2.24, 2.45) is 0 Å². The Morgan fingerprint density at radius 3 is 2.56 bits per heavy atom. The van der Waals surface area contributed by atoms with Crippen molar-refractivity contribution in [1.29, 1.82) is 0 Å². The molecule has 0 saturated heterocycles. The van der Waals surface area contributed by atoms with Crippen LogP contribution in [0.3, 0.4) is 0 Å². The van der Waals surface area contributed by atoms with Crippen molar-refractivity contribution < 1.29 is 23.9 Å². The predicted octanol–water partition coefficient (Wildman–Crippen LogP) is 0.964. The highest BCUT2D eigenvalue weighted by atomic mass is 16.5. The third kappa shape index (κ3) is 4.71. The minimum Gasteiger partial charge on any atom is -0.385 e. The van der Waals surface area contributed by atoms with Gasteiger partial charge in [0.2, 0.25) is 5.91 Å². The van der Waals surface area contributed by atoms with Gasteiger partial charge in [-0.15, -0.1) is 0 Å². The van der Waals surface area contributed by atoms with Crippen molar-refractivity contribution in [1.82, 2.24) is 15.5 Å². The van der Waals surface area contributed by atoms with Crippen LogP contribution in [0, 0.1) is 0 Å². The summed E-state index contributed by atoms with van der Waals surface area (Å²) in [6, 6.07) is 3.65. The van der Waals surface area contributed by atoms with Crippen LogP contribution in [-0.2, 0) is 9.53 Å². The van der Waals surface area contributed by atoms with Crippen LogP contribution in [0.2, 0.25) is 0 Å². The lowest BCUT2D eigenvalue weighted by Gasteiger charge is -2.14. The Morgan fingerprint density at radius 2 is 1.89 bits per heavy atom. The molecule has 0 aliphatic carbocycles. The molecular weight excluding hydrogens is 350 g/mol. The number of benzene rings is 1. The Bertz CT molecular complexity index is 747. The molecule has 0 aromatic heterocycles. The summed E-state index contributed by atoms with van der Waals surface area (Å²) in [4.78, 5) is 50.3. The van der Waals surface area contributed by atoms with Gasteiger partial charge in [-0.3, -0.25) is 24.1 Å². The third-order valence-electron chi connectivity index (χ3n) is 4.25. The zero-order chi connectivity index (χ0) is 20.0. The molecule has 27 heavy (non-hydrogen) atoms. The van der Waals surface area contributed by atoms with Crippen LogP contribution in [0.5, 0.6) is 0 Å². The molecule has 1 heterocycles. The number of methoxy groups -OCH3 is 1. The Kier molecular flexibility index (Phi) is 7.06. The molecule has 4 amide bonds. The number of carbonyl (C=O) groups is 4. The normalized spacial score (nSPS) is 14.1. The molecule has 1 aromatic carbocycles. The summed E-state index contributed by atoms with van der Waals surface area (Å²) in [5, 5.41) is 5.30. The molecule has 1 atom stereocenters. The molecule has 0 spiro atoms. The Morgan fingerprint density at radius 1 is 1.19 bits per heavy atom. The number of hydrogen-bond acceptors (Lipinski definition) is 5. The van der Waals surface area contributed by atoms with Gasteiger partial charge in [0, 0.05) is 32.4 Å². The van der Waals surface area contributed by atoms with Crippen LogP contribution < -0.4 is 10.6 Å². The smallest absolute Gasteiger partial charge is 0.261 e. The van der Waals surface area contributed by atoms with Gasteiger partial charge in [0.05, 0.1) is 11.1 Å². The zero-order valence-electron chi connectivity index (χ0n) is 15.8. The summed E-state index contributed by atoms with van der Waals surface area (Å²) >= 11 is 0. The van der Waals surface area contributed by atoms with E-state index in [1.165, 1.54) is 18.2 Å². The minimum absolute atomic E-state index is 0.202. The van der Waals surface area contributed by atoms with E-state index >= 15 is 0 Å². The summed E-state index contributed by atoms with van der Waals surface area (Å²) in [7, 11) is 1.55. The number of amides is 4. The first kappa shape index (κ1) is 20.6. The molecule has 0 bridgehead atoms. The first-order valence-corrected chi connectivity index (χ1v) is 8.98. The van der Waals surface area contributed by atoms with Gasteiger partial charge in [0.1, 0.15) is 6.04 Å². The maximum Gasteiger partial charge on any atom is 0.261 e. The summed E-state index contributed by atoms with van der Waals surface area (Å²) in [5.74, 6) is -1.54. The molecule has 146 valence electrons. The highest BCUT2D eigenvalue weighted by Gasteiger charge is 2.35. The van der Waals surface area contributed by atoms with Crippen LogP contribution in [0.15, 0.2) is 18.2 Å². The van der Waals surface area contributed by atoms with Crippen LogP contribution in [0.4, 0.5) is 0 Å². The van der Waals surface area contributed by atoms with E-state index in [-0.39, 0.29) is 35.0 Å². The molecule has 1 aliphatic rings.